The quantitative estimate of drug-likeness (QED) is 0.312. The molecule has 2 aromatic heterocycles. The number of aryl methyl sites for hydroxylation is 2. The normalized spacial score (nSPS) is 11.5. The first-order valence-corrected chi connectivity index (χ1v) is 9.15. The summed E-state index contributed by atoms with van der Waals surface area (Å²) in [5.74, 6) is 0.873. The lowest BCUT2D eigenvalue weighted by molar-refractivity contribution is 0.462. The molecule has 0 atom stereocenters. The van der Waals surface area contributed by atoms with Crippen molar-refractivity contribution in [3.05, 3.63) is 58.5 Å². The smallest absolute Gasteiger partial charge is 0.193 e. The van der Waals surface area contributed by atoms with Crippen LogP contribution in [0, 0.1) is 6.92 Å². The molecule has 0 unspecified atom stereocenters. The van der Waals surface area contributed by atoms with Gasteiger partial charge < -0.3 is 19.8 Å². The second kappa shape index (κ2) is 9.50. The molecule has 7 heteroatoms. The number of aromatic nitrogens is 2. The van der Waals surface area contributed by atoms with Crippen molar-refractivity contribution in [2.45, 2.75) is 19.9 Å². The highest BCUT2D eigenvalue weighted by atomic mass is 127. The maximum atomic E-state index is 6.07. The lowest BCUT2D eigenvalue weighted by atomic mass is 10.1. The van der Waals surface area contributed by atoms with Crippen LogP contribution in [0.3, 0.4) is 0 Å². The highest BCUT2D eigenvalue weighted by Crippen LogP contribution is 2.19. The zero-order chi connectivity index (χ0) is 18.7. The molecule has 0 radical (unpaired) electrons. The fraction of sp³-hybridized carbons (Fsp3) is 0.350. The number of aromatic amines is 1. The van der Waals surface area contributed by atoms with E-state index in [9.17, 15) is 0 Å². The van der Waals surface area contributed by atoms with Gasteiger partial charge in [0.05, 0.1) is 11.6 Å². The summed E-state index contributed by atoms with van der Waals surface area (Å²) in [5, 5.41) is 5.50. The summed E-state index contributed by atoms with van der Waals surface area (Å²) in [6, 6.07) is 8.52. The largest absolute Gasteiger partial charge is 0.361 e. The molecule has 0 bridgehead atoms. The number of fused-ring (bicyclic) bond motifs is 1. The van der Waals surface area contributed by atoms with E-state index in [1.165, 1.54) is 22.0 Å². The summed E-state index contributed by atoms with van der Waals surface area (Å²) >= 11 is 6.07. The zero-order valence-electron chi connectivity index (χ0n) is 16.2. The van der Waals surface area contributed by atoms with Gasteiger partial charge in [0, 0.05) is 56.7 Å². The maximum absolute atomic E-state index is 6.07. The van der Waals surface area contributed by atoms with Crippen molar-refractivity contribution < 1.29 is 0 Å². The third kappa shape index (κ3) is 5.19. The van der Waals surface area contributed by atoms with E-state index in [0.29, 0.717) is 0 Å². The minimum absolute atomic E-state index is 0. The average molecular weight is 500 g/mol. The number of hydrogen-bond donors (Lipinski definition) is 2. The topological polar surface area (TPSA) is 48.4 Å². The lowest BCUT2D eigenvalue weighted by Gasteiger charge is -2.22. The molecular weight excluding hydrogens is 473 g/mol. The Balaban J connectivity index is 0.00000261. The van der Waals surface area contributed by atoms with E-state index in [-0.39, 0.29) is 24.0 Å². The van der Waals surface area contributed by atoms with Crippen molar-refractivity contribution in [1.29, 1.82) is 0 Å². The van der Waals surface area contributed by atoms with Crippen molar-refractivity contribution in [3.63, 3.8) is 0 Å². The Labute approximate surface area is 182 Å². The van der Waals surface area contributed by atoms with Gasteiger partial charge in [0.2, 0.25) is 0 Å². The summed E-state index contributed by atoms with van der Waals surface area (Å²) in [4.78, 5) is 9.86. The van der Waals surface area contributed by atoms with Gasteiger partial charge in [-0.2, -0.15) is 0 Å². The van der Waals surface area contributed by atoms with Crippen LogP contribution in [-0.2, 0) is 20.0 Å². The van der Waals surface area contributed by atoms with Crippen molar-refractivity contribution in [1.82, 2.24) is 19.8 Å². The number of halogens is 2. The molecule has 27 heavy (non-hydrogen) atoms. The predicted octanol–water partition coefficient (Wildman–Crippen LogP) is 4.34. The van der Waals surface area contributed by atoms with Gasteiger partial charge >= 0.3 is 0 Å². The zero-order valence-corrected chi connectivity index (χ0v) is 19.3. The van der Waals surface area contributed by atoms with Crippen molar-refractivity contribution in [3.8, 4) is 0 Å². The Hall–Kier alpha value is -1.67. The molecule has 2 heterocycles. The molecule has 0 aliphatic heterocycles. The molecule has 0 spiro atoms. The van der Waals surface area contributed by atoms with E-state index in [2.05, 4.69) is 51.5 Å². The number of H-pyrrole nitrogens is 1. The van der Waals surface area contributed by atoms with Gasteiger partial charge in [0.1, 0.15) is 0 Å². The minimum atomic E-state index is 0. The summed E-state index contributed by atoms with van der Waals surface area (Å²) < 4.78 is 2.04. The molecule has 0 saturated carbocycles. The number of rotatable bonds is 5. The molecule has 3 rings (SSSR count). The maximum Gasteiger partial charge on any atom is 0.193 e. The van der Waals surface area contributed by atoms with Crippen LogP contribution in [0.25, 0.3) is 10.9 Å². The van der Waals surface area contributed by atoms with Crippen molar-refractivity contribution in [2.24, 2.45) is 12.0 Å². The monoisotopic (exact) mass is 499 g/mol. The highest BCUT2D eigenvalue weighted by Gasteiger charge is 2.10. The van der Waals surface area contributed by atoms with E-state index >= 15 is 0 Å². The molecule has 0 fully saturated rings. The summed E-state index contributed by atoms with van der Waals surface area (Å²) in [7, 11) is 5.85. The number of guanidine groups is 1. The van der Waals surface area contributed by atoms with Gasteiger partial charge in [-0.3, -0.25) is 4.99 Å². The Kier molecular flexibility index (Phi) is 7.61. The Bertz CT molecular complexity index is 928. The van der Waals surface area contributed by atoms with Crippen LogP contribution in [0.15, 0.2) is 41.7 Å². The first-order chi connectivity index (χ1) is 12.5. The van der Waals surface area contributed by atoms with E-state index in [0.717, 1.165) is 36.2 Å². The third-order valence-corrected chi connectivity index (χ3v) is 4.85. The fourth-order valence-electron chi connectivity index (χ4n) is 3.24. The highest BCUT2D eigenvalue weighted by molar-refractivity contribution is 14.0. The van der Waals surface area contributed by atoms with E-state index in [1.807, 2.05) is 38.0 Å². The molecular formula is C20H27ClIN5. The van der Waals surface area contributed by atoms with Crippen LogP contribution >= 0.6 is 35.6 Å². The van der Waals surface area contributed by atoms with Gasteiger partial charge in [-0.1, -0.05) is 23.7 Å². The molecule has 0 amide bonds. The standard InChI is InChI=1S/C20H26ClN5.HI/c1-14-5-6-18-15(11-24-19(18)9-14)7-8-23-20(22-2)26(4)13-17-10-16(21)12-25(17)3;/h5-6,9-12,24H,7-8,13H2,1-4H3,(H,22,23);1H. The summed E-state index contributed by atoms with van der Waals surface area (Å²) in [6.45, 7) is 3.68. The van der Waals surface area contributed by atoms with E-state index in [4.69, 9.17) is 11.6 Å². The first kappa shape index (κ1) is 21.6. The Morgan fingerprint density at radius 2 is 2.11 bits per heavy atom. The van der Waals surface area contributed by atoms with Crippen molar-refractivity contribution in [2.75, 3.05) is 20.6 Å². The predicted molar refractivity (Wildman–Crippen MR) is 125 cm³/mol. The van der Waals surface area contributed by atoms with Crippen LogP contribution in [0.4, 0.5) is 0 Å². The second-order valence-corrected chi connectivity index (χ2v) is 7.14. The molecule has 146 valence electrons. The molecule has 5 nitrogen and oxygen atoms in total. The van der Waals surface area contributed by atoms with E-state index < -0.39 is 0 Å². The lowest BCUT2D eigenvalue weighted by Crippen LogP contribution is -2.39. The molecule has 3 aromatic rings. The fourth-order valence-corrected chi connectivity index (χ4v) is 3.51. The van der Waals surface area contributed by atoms with Gasteiger partial charge in [-0.25, -0.2) is 0 Å². The third-order valence-electron chi connectivity index (χ3n) is 4.65. The minimum Gasteiger partial charge on any atom is -0.361 e. The molecule has 0 aliphatic carbocycles. The first-order valence-electron chi connectivity index (χ1n) is 8.77. The summed E-state index contributed by atoms with van der Waals surface area (Å²) in [5.41, 5.74) is 4.93. The molecule has 1 aromatic carbocycles. The SMILES string of the molecule is CN=C(NCCc1c[nH]c2cc(C)ccc12)N(C)Cc1cc(Cl)cn1C.I. The van der Waals surface area contributed by atoms with Gasteiger partial charge in [-0.05, 0) is 36.6 Å². The Morgan fingerprint density at radius 1 is 1.33 bits per heavy atom. The number of hydrogen-bond acceptors (Lipinski definition) is 1. The van der Waals surface area contributed by atoms with Crippen LogP contribution < -0.4 is 5.32 Å². The number of nitrogens with one attached hydrogen (secondary N) is 2. The number of benzene rings is 1. The Morgan fingerprint density at radius 3 is 2.78 bits per heavy atom. The average Bonchev–Trinajstić information content (AvgIpc) is 3.13. The van der Waals surface area contributed by atoms with Crippen LogP contribution in [0.2, 0.25) is 5.02 Å². The number of nitrogens with zero attached hydrogens (tertiary/aromatic N) is 3. The summed E-state index contributed by atoms with van der Waals surface area (Å²) in [6.07, 6.45) is 4.95. The molecule has 2 N–H and O–H groups in total. The number of aliphatic imine (C=N–C) groups is 1. The molecule has 0 saturated heterocycles. The van der Waals surface area contributed by atoms with Crippen LogP contribution in [0.5, 0.6) is 0 Å². The van der Waals surface area contributed by atoms with Crippen molar-refractivity contribution >= 4 is 52.4 Å². The van der Waals surface area contributed by atoms with Gasteiger partial charge in [0.15, 0.2) is 5.96 Å². The second-order valence-electron chi connectivity index (χ2n) is 6.70. The van der Waals surface area contributed by atoms with Crippen LogP contribution in [-0.4, -0.2) is 41.1 Å². The van der Waals surface area contributed by atoms with E-state index in [1.54, 1.807) is 0 Å². The molecule has 0 aliphatic rings. The van der Waals surface area contributed by atoms with Crippen LogP contribution in [0.1, 0.15) is 16.8 Å². The van der Waals surface area contributed by atoms with Gasteiger partial charge in [-0.15, -0.1) is 24.0 Å². The van der Waals surface area contributed by atoms with Gasteiger partial charge in [0.25, 0.3) is 0 Å².